The van der Waals surface area contributed by atoms with Gasteiger partial charge in [0.1, 0.15) is 0 Å². The van der Waals surface area contributed by atoms with E-state index < -0.39 is 5.72 Å². The maximum absolute atomic E-state index is 13.0. The van der Waals surface area contributed by atoms with Crippen molar-refractivity contribution < 1.29 is 9.90 Å². The zero-order chi connectivity index (χ0) is 15.3. The zero-order valence-corrected chi connectivity index (χ0v) is 13.2. The summed E-state index contributed by atoms with van der Waals surface area (Å²) in [5.41, 5.74) is -0.666. The summed E-state index contributed by atoms with van der Waals surface area (Å²) in [5, 5.41) is 11.6. The normalized spacial score (nSPS) is 33.1. The minimum absolute atomic E-state index is 0.0248. The third-order valence-corrected chi connectivity index (χ3v) is 5.28. The fourth-order valence-electron chi connectivity index (χ4n) is 4.20. The number of amides is 1. The lowest BCUT2D eigenvalue weighted by Gasteiger charge is -2.47. The van der Waals surface area contributed by atoms with Gasteiger partial charge in [0.25, 0.3) is 0 Å². The number of hydrogen-bond donors (Lipinski definition) is 1. The van der Waals surface area contributed by atoms with Crippen LogP contribution in [0.5, 0.6) is 0 Å². The van der Waals surface area contributed by atoms with Crippen molar-refractivity contribution in [3.05, 3.63) is 30.3 Å². The van der Waals surface area contributed by atoms with Gasteiger partial charge in [-0.15, -0.1) is 0 Å². The van der Waals surface area contributed by atoms with Crippen LogP contribution in [-0.2, 0) is 4.79 Å². The van der Waals surface area contributed by atoms with E-state index in [0.717, 1.165) is 31.4 Å². The second-order valence-electron chi connectivity index (χ2n) is 7.48. The molecule has 1 N–H and O–H groups in total. The molecule has 0 bridgehead atoms. The standard InChI is InChI=1S/C18H25NO2/c1-17(2,3)18(21)15-12-8-7-11-14(15)16(20)19(18)13-9-5-4-6-10-13/h4-6,9-10,14-15,21H,7-8,11-12H2,1-3H3/t14-,15+,18-/m0/s1. The molecule has 2 aliphatic rings. The van der Waals surface area contributed by atoms with Crippen molar-refractivity contribution in [1.82, 2.24) is 0 Å². The summed E-state index contributed by atoms with van der Waals surface area (Å²) in [7, 11) is 0. The monoisotopic (exact) mass is 287 g/mol. The van der Waals surface area contributed by atoms with Crippen LogP contribution in [0.25, 0.3) is 0 Å². The van der Waals surface area contributed by atoms with Crippen LogP contribution in [0.4, 0.5) is 5.69 Å². The molecule has 0 spiro atoms. The third-order valence-electron chi connectivity index (χ3n) is 5.28. The third kappa shape index (κ3) is 2.02. The molecule has 1 aliphatic carbocycles. The van der Waals surface area contributed by atoms with Crippen molar-refractivity contribution in [1.29, 1.82) is 0 Å². The van der Waals surface area contributed by atoms with Crippen LogP contribution in [0.2, 0.25) is 0 Å². The lowest BCUT2D eigenvalue weighted by molar-refractivity contribution is -0.122. The Morgan fingerprint density at radius 3 is 2.38 bits per heavy atom. The number of carbonyl (C=O) groups is 1. The van der Waals surface area contributed by atoms with E-state index in [1.807, 2.05) is 51.1 Å². The molecule has 114 valence electrons. The fraction of sp³-hybridized carbons (Fsp3) is 0.611. The van der Waals surface area contributed by atoms with Gasteiger partial charge in [0, 0.05) is 22.9 Å². The Kier molecular flexibility index (Phi) is 3.36. The minimum Gasteiger partial charge on any atom is -0.370 e. The highest BCUT2D eigenvalue weighted by molar-refractivity contribution is 5.99. The highest BCUT2D eigenvalue weighted by atomic mass is 16.3. The molecule has 3 atom stereocenters. The van der Waals surface area contributed by atoms with Gasteiger partial charge < -0.3 is 5.11 Å². The number of fused-ring (bicyclic) bond motifs is 1. The predicted molar refractivity (Wildman–Crippen MR) is 83.8 cm³/mol. The molecular formula is C18H25NO2. The Morgan fingerprint density at radius 1 is 1.14 bits per heavy atom. The molecule has 0 aromatic heterocycles. The van der Waals surface area contributed by atoms with E-state index in [1.54, 1.807) is 4.90 Å². The summed E-state index contributed by atoms with van der Waals surface area (Å²) in [4.78, 5) is 14.7. The largest absolute Gasteiger partial charge is 0.370 e. The molecule has 21 heavy (non-hydrogen) atoms. The van der Waals surface area contributed by atoms with Crippen molar-refractivity contribution in [2.75, 3.05) is 4.90 Å². The summed E-state index contributed by atoms with van der Waals surface area (Å²) in [6.07, 6.45) is 4.05. The molecule has 1 heterocycles. The predicted octanol–water partition coefficient (Wildman–Crippen LogP) is 3.57. The van der Waals surface area contributed by atoms with Gasteiger partial charge in [0.05, 0.1) is 0 Å². The summed E-state index contributed by atoms with van der Waals surface area (Å²) < 4.78 is 0. The van der Waals surface area contributed by atoms with E-state index in [0.29, 0.717) is 0 Å². The maximum atomic E-state index is 13.0. The van der Waals surface area contributed by atoms with Gasteiger partial charge in [-0.2, -0.15) is 0 Å². The first-order valence-corrected chi connectivity index (χ1v) is 7.99. The average Bonchev–Trinajstić information content (AvgIpc) is 2.70. The van der Waals surface area contributed by atoms with E-state index in [4.69, 9.17) is 0 Å². The zero-order valence-electron chi connectivity index (χ0n) is 13.2. The van der Waals surface area contributed by atoms with Gasteiger partial charge in [-0.25, -0.2) is 0 Å². The Morgan fingerprint density at radius 2 is 1.76 bits per heavy atom. The van der Waals surface area contributed by atoms with Gasteiger partial charge in [-0.3, -0.25) is 9.69 Å². The van der Waals surface area contributed by atoms with Crippen molar-refractivity contribution in [2.45, 2.75) is 52.2 Å². The number of nitrogens with zero attached hydrogens (tertiary/aromatic N) is 1. The molecule has 1 aromatic carbocycles. The number of carbonyl (C=O) groups excluding carboxylic acids is 1. The molecule has 1 saturated carbocycles. The highest BCUT2D eigenvalue weighted by Gasteiger charge is 2.63. The van der Waals surface area contributed by atoms with Crippen LogP contribution in [0.3, 0.4) is 0 Å². The molecular weight excluding hydrogens is 262 g/mol. The summed E-state index contributed by atoms with van der Waals surface area (Å²) in [6.45, 7) is 6.10. The fourth-order valence-corrected chi connectivity index (χ4v) is 4.20. The van der Waals surface area contributed by atoms with E-state index in [1.165, 1.54) is 0 Å². The van der Waals surface area contributed by atoms with Crippen LogP contribution in [0.15, 0.2) is 30.3 Å². The first kappa shape index (κ1) is 14.6. The van der Waals surface area contributed by atoms with Gasteiger partial charge >= 0.3 is 0 Å². The Labute approximate surface area is 127 Å². The molecule has 0 unspecified atom stereocenters. The van der Waals surface area contributed by atoms with Crippen LogP contribution in [-0.4, -0.2) is 16.7 Å². The van der Waals surface area contributed by atoms with Crippen LogP contribution >= 0.6 is 0 Å². The molecule has 3 rings (SSSR count). The molecule has 2 fully saturated rings. The lowest BCUT2D eigenvalue weighted by atomic mass is 9.68. The number of hydrogen-bond acceptors (Lipinski definition) is 2. The van der Waals surface area contributed by atoms with Gasteiger partial charge in [-0.05, 0) is 25.0 Å². The molecule has 3 nitrogen and oxygen atoms in total. The molecule has 1 aliphatic heterocycles. The highest BCUT2D eigenvalue weighted by Crippen LogP contribution is 2.54. The maximum Gasteiger partial charge on any atom is 0.232 e. The van der Waals surface area contributed by atoms with E-state index in [9.17, 15) is 9.90 Å². The number of benzene rings is 1. The second kappa shape index (κ2) is 4.84. The van der Waals surface area contributed by atoms with Crippen molar-refractivity contribution in [3.8, 4) is 0 Å². The van der Waals surface area contributed by atoms with Crippen LogP contribution in [0, 0.1) is 17.3 Å². The van der Waals surface area contributed by atoms with E-state index >= 15 is 0 Å². The summed E-state index contributed by atoms with van der Waals surface area (Å²) in [6, 6.07) is 9.63. The van der Waals surface area contributed by atoms with Crippen molar-refractivity contribution >= 4 is 11.6 Å². The minimum atomic E-state index is -1.10. The second-order valence-corrected chi connectivity index (χ2v) is 7.48. The number of aliphatic hydroxyl groups is 1. The first-order valence-electron chi connectivity index (χ1n) is 7.99. The molecule has 1 aromatic rings. The quantitative estimate of drug-likeness (QED) is 0.857. The Bertz CT molecular complexity index is 534. The smallest absolute Gasteiger partial charge is 0.232 e. The van der Waals surface area contributed by atoms with E-state index in [2.05, 4.69) is 0 Å². The van der Waals surface area contributed by atoms with E-state index in [-0.39, 0.29) is 23.2 Å². The van der Waals surface area contributed by atoms with Gasteiger partial charge in [0.2, 0.25) is 5.91 Å². The number of anilines is 1. The van der Waals surface area contributed by atoms with Crippen molar-refractivity contribution in [2.24, 2.45) is 17.3 Å². The first-order chi connectivity index (χ1) is 9.87. The Balaban J connectivity index is 2.13. The van der Waals surface area contributed by atoms with Gasteiger partial charge in [-0.1, -0.05) is 51.8 Å². The van der Waals surface area contributed by atoms with Crippen molar-refractivity contribution in [3.63, 3.8) is 0 Å². The number of para-hydroxylation sites is 1. The van der Waals surface area contributed by atoms with Gasteiger partial charge in [0.15, 0.2) is 5.72 Å². The summed E-state index contributed by atoms with van der Waals surface area (Å²) >= 11 is 0. The Hall–Kier alpha value is -1.35. The lowest BCUT2D eigenvalue weighted by Crippen LogP contribution is -2.58. The van der Waals surface area contributed by atoms with Crippen LogP contribution in [0.1, 0.15) is 46.5 Å². The average molecular weight is 287 g/mol. The number of rotatable bonds is 1. The van der Waals surface area contributed by atoms with Crippen LogP contribution < -0.4 is 4.90 Å². The molecule has 1 saturated heterocycles. The topological polar surface area (TPSA) is 40.5 Å². The SMILES string of the molecule is CC(C)(C)[C@@]1(O)[C@@H]2CCCC[C@@H]2C(=O)N1c1ccccc1. The molecule has 1 amide bonds. The summed E-state index contributed by atoms with van der Waals surface area (Å²) in [5.74, 6) is 0.116. The molecule has 0 radical (unpaired) electrons. The molecule has 3 heteroatoms.